The summed E-state index contributed by atoms with van der Waals surface area (Å²) >= 11 is 1.49. The molecule has 0 aliphatic carbocycles. The van der Waals surface area contributed by atoms with E-state index in [0.717, 1.165) is 40.6 Å². The summed E-state index contributed by atoms with van der Waals surface area (Å²) in [5, 5.41) is 0.976. The van der Waals surface area contributed by atoms with Crippen molar-refractivity contribution in [3.05, 3.63) is 45.4 Å². The topological polar surface area (TPSA) is 39.2 Å². The van der Waals surface area contributed by atoms with E-state index in [1.54, 1.807) is 6.92 Å². The fourth-order valence-corrected chi connectivity index (χ4v) is 3.16. The quantitative estimate of drug-likeness (QED) is 0.723. The van der Waals surface area contributed by atoms with Crippen molar-refractivity contribution >= 4 is 17.1 Å². The van der Waals surface area contributed by atoms with E-state index in [-0.39, 0.29) is 5.78 Å². The molecule has 21 heavy (non-hydrogen) atoms. The van der Waals surface area contributed by atoms with Gasteiger partial charge in [-0.05, 0) is 30.5 Å². The number of hydrogen-bond acceptors (Lipinski definition) is 4. The number of rotatable bonds is 7. The van der Waals surface area contributed by atoms with Gasteiger partial charge in [0.25, 0.3) is 0 Å². The molecule has 0 aliphatic heterocycles. The molecular weight excluding hydrogens is 282 g/mol. The van der Waals surface area contributed by atoms with Gasteiger partial charge in [0, 0.05) is 13.3 Å². The predicted octanol–water partition coefficient (Wildman–Crippen LogP) is 4.09. The van der Waals surface area contributed by atoms with Crippen LogP contribution in [-0.2, 0) is 19.3 Å². The van der Waals surface area contributed by atoms with Gasteiger partial charge in [-0.3, -0.25) is 4.79 Å². The number of ether oxygens (including phenoxy) is 1. The summed E-state index contributed by atoms with van der Waals surface area (Å²) in [6, 6.07) is 8.15. The predicted molar refractivity (Wildman–Crippen MR) is 86.5 cm³/mol. The molecule has 1 heterocycles. The van der Waals surface area contributed by atoms with Gasteiger partial charge in [-0.1, -0.05) is 26.0 Å². The first kappa shape index (κ1) is 15.7. The summed E-state index contributed by atoms with van der Waals surface area (Å²) in [4.78, 5) is 16.9. The molecule has 0 fully saturated rings. The highest BCUT2D eigenvalue weighted by Gasteiger charge is 2.13. The minimum atomic E-state index is 0.104. The lowest BCUT2D eigenvalue weighted by molar-refractivity contribution is 0.102. The molecule has 1 aromatic carbocycles. The Bertz CT molecular complexity index is 619. The number of aryl methyl sites for hydroxylation is 2. The number of carbonyl (C=O) groups excluding carboxylic acids is 1. The van der Waals surface area contributed by atoms with Crippen LogP contribution in [0.3, 0.4) is 0 Å². The fraction of sp³-hybridized carbons (Fsp3) is 0.412. The monoisotopic (exact) mass is 303 g/mol. The molecule has 0 saturated carbocycles. The van der Waals surface area contributed by atoms with Gasteiger partial charge in [0.15, 0.2) is 5.78 Å². The lowest BCUT2D eigenvalue weighted by atomic mass is 10.2. The molecule has 0 N–H and O–H groups in total. The average Bonchev–Trinajstić information content (AvgIpc) is 2.91. The van der Waals surface area contributed by atoms with Crippen LogP contribution in [0.2, 0.25) is 0 Å². The van der Waals surface area contributed by atoms with E-state index >= 15 is 0 Å². The number of hydrogen-bond donors (Lipinski definition) is 0. The molecule has 0 unspecified atom stereocenters. The summed E-state index contributed by atoms with van der Waals surface area (Å²) in [5.41, 5.74) is 2.18. The molecule has 0 atom stereocenters. The summed E-state index contributed by atoms with van der Waals surface area (Å²) in [7, 11) is 0. The van der Waals surface area contributed by atoms with E-state index < -0.39 is 0 Å². The minimum absolute atomic E-state index is 0.104. The van der Waals surface area contributed by atoms with Gasteiger partial charge in [0.1, 0.15) is 5.75 Å². The first-order valence-electron chi connectivity index (χ1n) is 7.35. The van der Waals surface area contributed by atoms with E-state index in [2.05, 4.69) is 24.0 Å². The molecule has 3 nitrogen and oxygen atoms in total. The molecule has 2 aromatic rings. The van der Waals surface area contributed by atoms with Crippen LogP contribution in [0.15, 0.2) is 24.3 Å². The Kier molecular flexibility index (Phi) is 5.51. The normalized spacial score (nSPS) is 10.6. The number of aromatic nitrogens is 1. The van der Waals surface area contributed by atoms with Crippen molar-refractivity contribution in [3.63, 3.8) is 0 Å². The van der Waals surface area contributed by atoms with Crippen molar-refractivity contribution in [3.8, 4) is 5.75 Å². The van der Waals surface area contributed by atoms with Crippen molar-refractivity contribution in [2.24, 2.45) is 0 Å². The number of benzene rings is 1. The Morgan fingerprint density at radius 3 is 2.71 bits per heavy atom. The second-order valence-electron chi connectivity index (χ2n) is 4.89. The smallest absolute Gasteiger partial charge is 0.171 e. The first-order chi connectivity index (χ1) is 10.1. The molecule has 0 amide bonds. The van der Waals surface area contributed by atoms with Crippen molar-refractivity contribution in [1.29, 1.82) is 0 Å². The van der Waals surface area contributed by atoms with Crippen molar-refractivity contribution in [2.75, 3.05) is 6.61 Å². The van der Waals surface area contributed by atoms with Crippen LogP contribution < -0.4 is 4.74 Å². The first-order valence-corrected chi connectivity index (χ1v) is 8.17. The van der Waals surface area contributed by atoms with Crippen LogP contribution in [0.1, 0.15) is 46.7 Å². The van der Waals surface area contributed by atoms with Crippen LogP contribution in [0.25, 0.3) is 0 Å². The van der Waals surface area contributed by atoms with E-state index in [9.17, 15) is 4.79 Å². The molecule has 2 rings (SSSR count). The van der Waals surface area contributed by atoms with E-state index in [0.29, 0.717) is 6.61 Å². The zero-order valence-corrected chi connectivity index (χ0v) is 13.6. The molecule has 0 aliphatic rings. The highest BCUT2D eigenvalue weighted by molar-refractivity contribution is 7.13. The molecule has 4 heteroatoms. The maximum atomic E-state index is 11.5. The van der Waals surface area contributed by atoms with Crippen LogP contribution in [0.5, 0.6) is 5.75 Å². The van der Waals surface area contributed by atoms with Gasteiger partial charge < -0.3 is 4.74 Å². The summed E-state index contributed by atoms with van der Waals surface area (Å²) in [5.74, 6) is 1.00. The Hall–Kier alpha value is -1.68. The summed E-state index contributed by atoms with van der Waals surface area (Å²) in [6.45, 7) is 6.34. The van der Waals surface area contributed by atoms with Gasteiger partial charge in [0.2, 0.25) is 0 Å². The van der Waals surface area contributed by atoms with E-state index in [1.165, 1.54) is 16.9 Å². The number of ketones is 1. The number of Topliss-reactive ketones (excluding diaryl/α,β-unsaturated/α-hetero) is 1. The van der Waals surface area contributed by atoms with Crippen molar-refractivity contribution < 1.29 is 9.53 Å². The zero-order chi connectivity index (χ0) is 15.2. The standard InChI is InChI=1S/C17H21NO2S/c1-4-13-7-6-8-14(11-13)20-10-9-16-18-15(5-2)17(21-16)12(3)19/h6-8,11H,4-5,9-10H2,1-3H3. The molecule has 112 valence electrons. The Morgan fingerprint density at radius 1 is 1.29 bits per heavy atom. The third-order valence-corrected chi connectivity index (χ3v) is 4.55. The zero-order valence-electron chi connectivity index (χ0n) is 12.8. The molecule has 0 bridgehead atoms. The Morgan fingerprint density at radius 2 is 2.10 bits per heavy atom. The Balaban J connectivity index is 1.95. The van der Waals surface area contributed by atoms with Gasteiger partial charge >= 0.3 is 0 Å². The summed E-state index contributed by atoms with van der Waals surface area (Å²) < 4.78 is 5.78. The molecule has 0 spiro atoms. The van der Waals surface area contributed by atoms with Crippen molar-refractivity contribution in [1.82, 2.24) is 4.98 Å². The highest BCUT2D eigenvalue weighted by atomic mass is 32.1. The van der Waals surface area contributed by atoms with Gasteiger partial charge in [-0.15, -0.1) is 11.3 Å². The van der Waals surface area contributed by atoms with Gasteiger partial charge in [-0.25, -0.2) is 4.98 Å². The largest absolute Gasteiger partial charge is 0.493 e. The number of thiazole rings is 1. The third kappa shape index (κ3) is 4.14. The van der Waals surface area contributed by atoms with Gasteiger partial charge in [0.05, 0.1) is 22.2 Å². The number of nitrogens with zero attached hydrogens (tertiary/aromatic N) is 1. The maximum absolute atomic E-state index is 11.5. The van der Waals surface area contributed by atoms with Crippen molar-refractivity contribution in [2.45, 2.75) is 40.0 Å². The highest BCUT2D eigenvalue weighted by Crippen LogP contribution is 2.21. The van der Waals surface area contributed by atoms with Crippen LogP contribution in [0.4, 0.5) is 0 Å². The Labute approximate surface area is 130 Å². The second-order valence-corrected chi connectivity index (χ2v) is 5.98. The maximum Gasteiger partial charge on any atom is 0.171 e. The fourth-order valence-electron chi connectivity index (χ4n) is 2.13. The number of carbonyl (C=O) groups is 1. The van der Waals surface area contributed by atoms with E-state index in [4.69, 9.17) is 4.74 Å². The third-order valence-electron chi connectivity index (χ3n) is 3.29. The SMILES string of the molecule is CCc1cccc(OCCc2nc(CC)c(C(C)=O)s2)c1. The van der Waals surface area contributed by atoms with Gasteiger partial charge in [-0.2, -0.15) is 0 Å². The minimum Gasteiger partial charge on any atom is -0.493 e. The molecule has 0 radical (unpaired) electrons. The summed E-state index contributed by atoms with van der Waals surface area (Å²) in [6.07, 6.45) is 2.54. The molecule has 1 aromatic heterocycles. The van der Waals surface area contributed by atoms with Crippen LogP contribution in [-0.4, -0.2) is 17.4 Å². The average molecular weight is 303 g/mol. The lowest BCUT2D eigenvalue weighted by Crippen LogP contribution is -2.01. The second kappa shape index (κ2) is 7.36. The molecule has 0 saturated heterocycles. The lowest BCUT2D eigenvalue weighted by Gasteiger charge is -2.06. The van der Waals surface area contributed by atoms with Crippen LogP contribution in [0, 0.1) is 0 Å². The van der Waals surface area contributed by atoms with Crippen LogP contribution >= 0.6 is 11.3 Å². The molecular formula is C17H21NO2S. The van der Waals surface area contributed by atoms with E-state index in [1.807, 2.05) is 19.1 Å².